The zero-order chi connectivity index (χ0) is 15.2. The molecule has 0 N–H and O–H groups in total. The number of hydrogen-bond donors (Lipinski definition) is 0. The molecule has 0 spiro atoms. The summed E-state index contributed by atoms with van der Waals surface area (Å²) < 4.78 is 6.16. The van der Waals surface area contributed by atoms with E-state index in [4.69, 9.17) is 16.3 Å². The lowest BCUT2D eigenvalue weighted by Crippen LogP contribution is -2.33. The van der Waals surface area contributed by atoms with E-state index < -0.39 is 0 Å². The van der Waals surface area contributed by atoms with Gasteiger partial charge in [0.05, 0.1) is 0 Å². The van der Waals surface area contributed by atoms with Crippen molar-refractivity contribution in [3.8, 4) is 5.75 Å². The van der Waals surface area contributed by atoms with E-state index >= 15 is 0 Å². The largest absolute Gasteiger partial charge is 0.492 e. The second kappa shape index (κ2) is 8.05. The molecule has 0 unspecified atom stereocenters. The van der Waals surface area contributed by atoms with Gasteiger partial charge in [0, 0.05) is 11.1 Å². The first-order chi connectivity index (χ1) is 10.1. The van der Waals surface area contributed by atoms with Gasteiger partial charge in [-0.15, -0.1) is 0 Å². The Hall–Kier alpha value is -0.730. The van der Waals surface area contributed by atoms with Crippen LogP contribution >= 0.6 is 11.6 Å². The minimum absolute atomic E-state index is 0.447. The monoisotopic (exact) mass is 309 g/mol. The van der Waals surface area contributed by atoms with Crippen LogP contribution in [0, 0.1) is 0 Å². The summed E-state index contributed by atoms with van der Waals surface area (Å²) in [5, 5.41) is 0.766. The van der Waals surface area contributed by atoms with Crippen molar-refractivity contribution >= 4 is 11.6 Å². The molecule has 1 fully saturated rings. The normalized spacial score (nSPS) is 18.0. The minimum atomic E-state index is 0.447. The SMILES string of the molecule is CC[C@H](COc1cc(Cl)ccc1C1CCCCC1)N(C)C. The summed E-state index contributed by atoms with van der Waals surface area (Å²) in [7, 11) is 4.22. The minimum Gasteiger partial charge on any atom is -0.492 e. The van der Waals surface area contributed by atoms with Crippen molar-refractivity contribution in [3.05, 3.63) is 28.8 Å². The van der Waals surface area contributed by atoms with Crippen LogP contribution in [0.5, 0.6) is 5.75 Å². The predicted octanol–water partition coefficient (Wildman–Crippen LogP) is 5.11. The highest BCUT2D eigenvalue weighted by atomic mass is 35.5. The van der Waals surface area contributed by atoms with Gasteiger partial charge in [-0.05, 0) is 57.0 Å². The van der Waals surface area contributed by atoms with E-state index in [0.717, 1.165) is 23.8 Å². The number of hydrogen-bond acceptors (Lipinski definition) is 2. The second-order valence-corrected chi connectivity index (χ2v) is 6.79. The molecule has 0 aliphatic heterocycles. The molecule has 2 nitrogen and oxygen atoms in total. The van der Waals surface area contributed by atoms with Gasteiger partial charge in [0.25, 0.3) is 0 Å². The average Bonchev–Trinajstić information content (AvgIpc) is 2.48. The van der Waals surface area contributed by atoms with Gasteiger partial charge in [0.1, 0.15) is 12.4 Å². The standard InChI is InChI=1S/C18H28ClNO/c1-4-16(20(2)3)13-21-18-12-15(19)10-11-17(18)14-8-6-5-7-9-14/h10-12,14,16H,4-9,13H2,1-3H3/t16-/m1/s1. The van der Waals surface area contributed by atoms with Crippen LogP contribution in [0.1, 0.15) is 56.9 Å². The summed E-state index contributed by atoms with van der Waals surface area (Å²) in [6.07, 6.45) is 7.70. The molecule has 0 bridgehead atoms. The van der Waals surface area contributed by atoms with Crippen LogP contribution in [0.25, 0.3) is 0 Å². The highest BCUT2D eigenvalue weighted by Crippen LogP contribution is 2.38. The van der Waals surface area contributed by atoms with Crippen molar-refractivity contribution in [2.45, 2.75) is 57.4 Å². The van der Waals surface area contributed by atoms with E-state index in [1.807, 2.05) is 12.1 Å². The maximum atomic E-state index is 6.18. The fourth-order valence-electron chi connectivity index (χ4n) is 3.20. The number of halogens is 1. The summed E-state index contributed by atoms with van der Waals surface area (Å²) >= 11 is 6.18. The Kier molecular flexibility index (Phi) is 6.38. The smallest absolute Gasteiger partial charge is 0.124 e. The van der Waals surface area contributed by atoms with E-state index in [1.54, 1.807) is 0 Å². The van der Waals surface area contributed by atoms with Crippen LogP contribution in [0.2, 0.25) is 5.02 Å². The summed E-state index contributed by atoms with van der Waals surface area (Å²) in [6, 6.07) is 6.61. The summed E-state index contributed by atoms with van der Waals surface area (Å²) in [6.45, 7) is 2.93. The van der Waals surface area contributed by atoms with Crippen molar-refractivity contribution in [1.29, 1.82) is 0 Å². The summed E-state index contributed by atoms with van der Waals surface area (Å²) in [5.41, 5.74) is 1.35. The number of likely N-dealkylation sites (N-methyl/N-ethyl adjacent to an activating group) is 1. The first kappa shape index (κ1) is 16.6. The van der Waals surface area contributed by atoms with Crippen molar-refractivity contribution in [2.24, 2.45) is 0 Å². The third-order valence-corrected chi connectivity index (χ3v) is 4.89. The predicted molar refractivity (Wildman–Crippen MR) is 90.5 cm³/mol. The lowest BCUT2D eigenvalue weighted by molar-refractivity contribution is 0.179. The van der Waals surface area contributed by atoms with Crippen molar-refractivity contribution in [2.75, 3.05) is 20.7 Å². The molecular weight excluding hydrogens is 282 g/mol. The van der Waals surface area contributed by atoms with Crippen molar-refractivity contribution in [1.82, 2.24) is 4.90 Å². The molecule has 0 radical (unpaired) electrons. The Labute approximate surface area is 134 Å². The van der Waals surface area contributed by atoms with Gasteiger partial charge in [0.15, 0.2) is 0 Å². The fraction of sp³-hybridized carbons (Fsp3) is 0.667. The fourth-order valence-corrected chi connectivity index (χ4v) is 3.36. The molecule has 2 rings (SSSR count). The van der Waals surface area contributed by atoms with Gasteiger partial charge in [0.2, 0.25) is 0 Å². The zero-order valence-corrected chi connectivity index (χ0v) is 14.3. The Morgan fingerprint density at radius 3 is 2.57 bits per heavy atom. The van der Waals surface area contributed by atoms with Gasteiger partial charge in [-0.2, -0.15) is 0 Å². The molecule has 1 atom stereocenters. The number of benzene rings is 1. The van der Waals surface area contributed by atoms with Gasteiger partial charge in [-0.1, -0.05) is 43.9 Å². The first-order valence-corrected chi connectivity index (χ1v) is 8.58. The molecular formula is C18H28ClNO. The quantitative estimate of drug-likeness (QED) is 0.724. The molecule has 0 amide bonds. The zero-order valence-electron chi connectivity index (χ0n) is 13.6. The second-order valence-electron chi connectivity index (χ2n) is 6.35. The van der Waals surface area contributed by atoms with E-state index in [1.165, 1.54) is 37.7 Å². The van der Waals surface area contributed by atoms with Crippen LogP contribution in [-0.2, 0) is 0 Å². The molecule has 1 aromatic carbocycles. The average molecular weight is 310 g/mol. The Balaban J connectivity index is 2.11. The number of rotatable bonds is 6. The highest BCUT2D eigenvalue weighted by molar-refractivity contribution is 6.30. The van der Waals surface area contributed by atoms with E-state index in [0.29, 0.717) is 12.0 Å². The summed E-state index contributed by atoms with van der Waals surface area (Å²) in [4.78, 5) is 2.23. The molecule has 1 aliphatic carbocycles. The topological polar surface area (TPSA) is 12.5 Å². The highest BCUT2D eigenvalue weighted by Gasteiger charge is 2.20. The molecule has 0 saturated heterocycles. The van der Waals surface area contributed by atoms with Gasteiger partial charge >= 0.3 is 0 Å². The lowest BCUT2D eigenvalue weighted by Gasteiger charge is -2.27. The van der Waals surface area contributed by atoms with Crippen LogP contribution < -0.4 is 4.74 Å². The Bertz CT molecular complexity index is 441. The van der Waals surface area contributed by atoms with Gasteiger partial charge in [-0.25, -0.2) is 0 Å². The van der Waals surface area contributed by atoms with Crippen molar-refractivity contribution in [3.63, 3.8) is 0 Å². The molecule has 21 heavy (non-hydrogen) atoms. The Morgan fingerprint density at radius 2 is 1.95 bits per heavy atom. The van der Waals surface area contributed by atoms with Crippen LogP contribution in [0.15, 0.2) is 18.2 Å². The molecule has 3 heteroatoms. The van der Waals surface area contributed by atoms with Crippen molar-refractivity contribution < 1.29 is 4.74 Å². The first-order valence-electron chi connectivity index (χ1n) is 8.20. The lowest BCUT2D eigenvalue weighted by atomic mass is 9.84. The molecule has 1 saturated carbocycles. The van der Waals surface area contributed by atoms with Gasteiger partial charge < -0.3 is 9.64 Å². The third kappa shape index (κ3) is 4.62. The third-order valence-electron chi connectivity index (χ3n) is 4.65. The van der Waals surface area contributed by atoms with Gasteiger partial charge in [-0.3, -0.25) is 0 Å². The molecule has 0 aromatic heterocycles. The Morgan fingerprint density at radius 1 is 1.24 bits per heavy atom. The maximum absolute atomic E-state index is 6.18. The molecule has 118 valence electrons. The molecule has 0 heterocycles. The summed E-state index contributed by atoms with van der Waals surface area (Å²) in [5.74, 6) is 1.64. The van der Waals surface area contributed by atoms with Crippen LogP contribution in [0.4, 0.5) is 0 Å². The van der Waals surface area contributed by atoms with E-state index in [2.05, 4.69) is 32.0 Å². The number of nitrogens with zero attached hydrogens (tertiary/aromatic N) is 1. The van der Waals surface area contributed by atoms with Crippen LogP contribution in [-0.4, -0.2) is 31.6 Å². The van der Waals surface area contributed by atoms with E-state index in [-0.39, 0.29) is 0 Å². The maximum Gasteiger partial charge on any atom is 0.124 e. The van der Waals surface area contributed by atoms with Crippen LogP contribution in [0.3, 0.4) is 0 Å². The molecule has 1 aromatic rings. The number of ether oxygens (including phenoxy) is 1. The van der Waals surface area contributed by atoms with E-state index in [9.17, 15) is 0 Å². The molecule has 1 aliphatic rings.